The molecule has 1 aromatic rings. The van der Waals surface area contributed by atoms with Crippen LogP contribution in [0.2, 0.25) is 10.0 Å². The molecule has 0 aliphatic carbocycles. The molecule has 0 bridgehead atoms. The fraction of sp³-hybridized carbons (Fsp3) is 0.333. The third-order valence-corrected chi connectivity index (χ3v) is 2.88. The second-order valence-corrected chi connectivity index (χ2v) is 4.55. The van der Waals surface area contributed by atoms with Gasteiger partial charge >= 0.3 is 29.6 Å². The van der Waals surface area contributed by atoms with Crippen molar-refractivity contribution in [3.05, 3.63) is 22.2 Å². The van der Waals surface area contributed by atoms with Crippen molar-refractivity contribution in [3.63, 3.8) is 0 Å². The zero-order chi connectivity index (χ0) is 12.1. The van der Waals surface area contributed by atoms with E-state index in [0.29, 0.717) is 6.61 Å². The monoisotopic (exact) mass is 306 g/mol. The van der Waals surface area contributed by atoms with Crippen LogP contribution in [0.3, 0.4) is 0 Å². The van der Waals surface area contributed by atoms with Crippen molar-refractivity contribution < 1.29 is 47.8 Å². The second kappa shape index (κ2) is 8.72. The minimum Gasteiger partial charge on any atom is -0.768 e. The summed E-state index contributed by atoms with van der Waals surface area (Å²) in [7, 11) is 1.54. The van der Waals surface area contributed by atoms with E-state index in [1.807, 2.05) is 0 Å². The van der Waals surface area contributed by atoms with E-state index < -0.39 is 11.1 Å². The van der Waals surface area contributed by atoms with Crippen LogP contribution in [-0.4, -0.2) is 29.1 Å². The van der Waals surface area contributed by atoms with E-state index in [2.05, 4.69) is 0 Å². The van der Waals surface area contributed by atoms with E-state index in [-0.39, 0.29) is 56.9 Å². The molecule has 1 rings (SSSR count). The fourth-order valence-corrected chi connectivity index (χ4v) is 2.15. The summed E-state index contributed by atoms with van der Waals surface area (Å²) in [5.41, 5.74) is 0. The SMILES string of the molecule is COCCOc1c(Cl)cc(S(=O)[O-])cc1Cl.[Na+]. The number of ether oxygens (including phenoxy) is 2. The van der Waals surface area contributed by atoms with Gasteiger partial charge in [-0.05, 0) is 23.2 Å². The summed E-state index contributed by atoms with van der Waals surface area (Å²) >= 11 is 9.30. The molecule has 0 aromatic heterocycles. The topological polar surface area (TPSA) is 58.6 Å². The number of hydrogen-bond donors (Lipinski definition) is 0. The molecule has 0 aliphatic rings. The van der Waals surface area contributed by atoms with Crippen molar-refractivity contribution in [1.29, 1.82) is 0 Å². The van der Waals surface area contributed by atoms with Gasteiger partial charge in [-0.1, -0.05) is 23.2 Å². The van der Waals surface area contributed by atoms with Gasteiger partial charge in [0.2, 0.25) is 0 Å². The quantitative estimate of drug-likeness (QED) is 0.408. The molecule has 0 spiro atoms. The fourth-order valence-electron chi connectivity index (χ4n) is 0.998. The van der Waals surface area contributed by atoms with Gasteiger partial charge in [0.1, 0.15) is 6.61 Å². The summed E-state index contributed by atoms with van der Waals surface area (Å²) in [6.45, 7) is 0.678. The first-order chi connectivity index (χ1) is 7.56. The first-order valence-corrected chi connectivity index (χ1v) is 6.09. The standard InChI is InChI=1S/C9H10Cl2O4S.Na/c1-14-2-3-15-9-7(10)4-6(16(12)13)5-8(9)11;/h4-5H,2-3H2,1H3,(H,12,13);/q;+1/p-1. The van der Waals surface area contributed by atoms with E-state index in [9.17, 15) is 8.76 Å². The zero-order valence-electron chi connectivity index (χ0n) is 9.37. The van der Waals surface area contributed by atoms with Gasteiger partial charge in [-0.2, -0.15) is 0 Å². The van der Waals surface area contributed by atoms with Crippen LogP contribution < -0.4 is 34.3 Å². The summed E-state index contributed by atoms with van der Waals surface area (Å²) in [6.07, 6.45) is 0. The minimum atomic E-state index is -2.36. The van der Waals surface area contributed by atoms with Crippen molar-refractivity contribution >= 4 is 34.3 Å². The van der Waals surface area contributed by atoms with Gasteiger partial charge in [-0.3, -0.25) is 4.21 Å². The van der Waals surface area contributed by atoms with Crippen molar-refractivity contribution in [2.75, 3.05) is 20.3 Å². The smallest absolute Gasteiger partial charge is 0.768 e. The van der Waals surface area contributed by atoms with Crippen LogP contribution in [0.4, 0.5) is 0 Å². The average Bonchev–Trinajstić information content (AvgIpc) is 2.21. The molecule has 1 atom stereocenters. The van der Waals surface area contributed by atoms with Crippen molar-refractivity contribution in [2.24, 2.45) is 0 Å². The molecule has 1 unspecified atom stereocenters. The van der Waals surface area contributed by atoms with Gasteiger partial charge in [0.05, 0.1) is 16.7 Å². The third-order valence-electron chi connectivity index (χ3n) is 1.70. The molecule has 8 heteroatoms. The predicted molar refractivity (Wildman–Crippen MR) is 61.0 cm³/mol. The molecule has 0 aliphatic heterocycles. The van der Waals surface area contributed by atoms with Gasteiger partial charge in [0.25, 0.3) is 0 Å². The van der Waals surface area contributed by atoms with Crippen molar-refractivity contribution in [2.45, 2.75) is 4.90 Å². The second-order valence-electron chi connectivity index (χ2n) is 2.79. The summed E-state index contributed by atoms with van der Waals surface area (Å²) in [4.78, 5) is 0.0223. The maximum atomic E-state index is 10.7. The first kappa shape index (κ1) is 17.7. The molecular formula is C9H9Cl2NaO4S. The number of halogens is 2. The maximum absolute atomic E-state index is 10.7. The molecule has 0 N–H and O–H groups in total. The molecule has 1 aromatic carbocycles. The average molecular weight is 307 g/mol. The maximum Gasteiger partial charge on any atom is 1.00 e. The van der Waals surface area contributed by atoms with Crippen LogP contribution in [-0.2, 0) is 15.8 Å². The Morgan fingerprint density at radius 1 is 1.29 bits per heavy atom. The normalized spacial score (nSPS) is 11.8. The van der Waals surface area contributed by atoms with Crippen LogP contribution in [0.5, 0.6) is 5.75 Å². The molecule has 0 saturated heterocycles. The molecule has 17 heavy (non-hydrogen) atoms. The Labute approximate surface area is 134 Å². The van der Waals surface area contributed by atoms with Crippen LogP contribution in [0, 0.1) is 0 Å². The minimum absolute atomic E-state index is 0. The van der Waals surface area contributed by atoms with E-state index in [1.54, 1.807) is 0 Å². The van der Waals surface area contributed by atoms with Crippen LogP contribution in [0.1, 0.15) is 0 Å². The predicted octanol–water partition coefficient (Wildman–Crippen LogP) is -0.739. The molecule has 0 heterocycles. The molecule has 0 saturated carbocycles. The van der Waals surface area contributed by atoms with Crippen LogP contribution >= 0.6 is 23.2 Å². The Hall–Kier alpha value is 0.670. The van der Waals surface area contributed by atoms with E-state index in [1.165, 1.54) is 19.2 Å². The Morgan fingerprint density at radius 3 is 2.24 bits per heavy atom. The first-order valence-electron chi connectivity index (χ1n) is 4.26. The molecule has 0 amide bonds. The summed E-state index contributed by atoms with van der Waals surface area (Å²) < 4.78 is 31.4. The van der Waals surface area contributed by atoms with Gasteiger partial charge in [0.15, 0.2) is 5.75 Å². The van der Waals surface area contributed by atoms with E-state index in [4.69, 9.17) is 32.7 Å². The van der Waals surface area contributed by atoms with Crippen molar-refractivity contribution in [3.8, 4) is 5.75 Å². The third kappa shape index (κ3) is 5.44. The van der Waals surface area contributed by atoms with Gasteiger partial charge < -0.3 is 14.0 Å². The molecular weight excluding hydrogens is 298 g/mol. The van der Waals surface area contributed by atoms with Gasteiger partial charge in [0, 0.05) is 12.0 Å². The van der Waals surface area contributed by atoms with Gasteiger partial charge in [-0.15, -0.1) is 0 Å². The molecule has 0 radical (unpaired) electrons. The summed E-state index contributed by atoms with van der Waals surface area (Å²) in [5, 5.41) is 0.311. The number of methoxy groups -OCH3 is 1. The summed E-state index contributed by atoms with van der Waals surface area (Å²) in [5.74, 6) is 0.259. The molecule has 90 valence electrons. The van der Waals surface area contributed by atoms with Crippen LogP contribution in [0.15, 0.2) is 17.0 Å². The largest absolute Gasteiger partial charge is 1.00 e. The Bertz CT molecular complexity index is 380. The van der Waals surface area contributed by atoms with Crippen molar-refractivity contribution in [1.82, 2.24) is 0 Å². The van der Waals surface area contributed by atoms with E-state index >= 15 is 0 Å². The zero-order valence-corrected chi connectivity index (χ0v) is 13.7. The number of benzene rings is 1. The van der Waals surface area contributed by atoms with E-state index in [0.717, 1.165) is 0 Å². The Balaban J connectivity index is 0.00000256. The number of rotatable bonds is 5. The molecule has 0 fully saturated rings. The molecule has 4 nitrogen and oxygen atoms in total. The summed E-state index contributed by atoms with van der Waals surface area (Å²) in [6, 6.07) is 2.55. The van der Waals surface area contributed by atoms with Gasteiger partial charge in [-0.25, -0.2) is 0 Å². The Kier molecular flexibility index (Phi) is 9.06. The number of hydrogen-bond acceptors (Lipinski definition) is 4. The van der Waals surface area contributed by atoms with Crippen LogP contribution in [0.25, 0.3) is 0 Å². The Morgan fingerprint density at radius 2 is 1.82 bits per heavy atom.